The monoisotopic (exact) mass is 446 g/mol. The third kappa shape index (κ3) is 4.08. The molecule has 12 heteroatoms. The van der Waals surface area contributed by atoms with Crippen LogP contribution in [-0.4, -0.2) is 65.6 Å². The number of hydrogen-bond donors (Lipinski definition) is 1. The average molecular weight is 446 g/mol. The fourth-order valence-electron chi connectivity index (χ4n) is 3.96. The lowest BCUT2D eigenvalue weighted by molar-refractivity contribution is -0.139. The molecule has 1 unspecified atom stereocenters. The number of alkyl halides is 3. The fourth-order valence-corrected chi connectivity index (χ4v) is 3.96. The third-order valence-corrected chi connectivity index (χ3v) is 5.68. The highest BCUT2D eigenvalue weighted by Gasteiger charge is 2.37. The molecule has 5 rings (SSSR count). The Kier molecular flexibility index (Phi) is 4.94. The van der Waals surface area contributed by atoms with E-state index in [0.717, 1.165) is 23.8 Å². The molecule has 3 aromatic rings. The van der Waals surface area contributed by atoms with Crippen molar-refractivity contribution in [2.45, 2.75) is 44.9 Å². The van der Waals surface area contributed by atoms with Crippen LogP contribution in [0.25, 0.3) is 22.6 Å². The van der Waals surface area contributed by atoms with E-state index in [1.54, 1.807) is 6.92 Å². The highest BCUT2D eigenvalue weighted by molar-refractivity contribution is 5.86. The standard InChI is InChI=1S/C20H21F3N8O/c1-11-24-6-13(7-25-11)17-29-15-16(26-10-27-18(15)31(17)9-20(21,22)23)28-14-4-5-30(8-14)19(32)12-2-3-12/h6-7,10,12,14H,2-5,8-9H2,1H3,(H,26,27,28). The second kappa shape index (κ2) is 7.68. The van der Waals surface area contributed by atoms with Crippen LogP contribution >= 0.6 is 0 Å². The van der Waals surface area contributed by atoms with Crippen LogP contribution in [0.5, 0.6) is 0 Å². The van der Waals surface area contributed by atoms with Gasteiger partial charge in [0.2, 0.25) is 5.91 Å². The molecule has 4 heterocycles. The minimum atomic E-state index is -4.47. The van der Waals surface area contributed by atoms with Crippen molar-refractivity contribution in [2.75, 3.05) is 18.4 Å². The van der Waals surface area contributed by atoms with Gasteiger partial charge in [0.15, 0.2) is 17.0 Å². The highest BCUT2D eigenvalue weighted by atomic mass is 19.4. The molecule has 1 amide bonds. The van der Waals surface area contributed by atoms with Gasteiger partial charge in [-0.2, -0.15) is 13.2 Å². The van der Waals surface area contributed by atoms with E-state index < -0.39 is 12.7 Å². The Morgan fingerprint density at radius 3 is 2.59 bits per heavy atom. The first-order valence-electron chi connectivity index (χ1n) is 10.4. The molecule has 1 saturated carbocycles. The van der Waals surface area contributed by atoms with Crippen LogP contribution in [0, 0.1) is 12.8 Å². The van der Waals surface area contributed by atoms with Crippen molar-refractivity contribution in [1.82, 2.24) is 34.4 Å². The molecule has 2 fully saturated rings. The maximum atomic E-state index is 13.3. The van der Waals surface area contributed by atoms with Crippen molar-refractivity contribution >= 4 is 22.9 Å². The second-order valence-electron chi connectivity index (χ2n) is 8.24. The number of nitrogens with one attached hydrogen (secondary N) is 1. The summed E-state index contributed by atoms with van der Waals surface area (Å²) >= 11 is 0. The van der Waals surface area contributed by atoms with Gasteiger partial charge in [0.05, 0.1) is 5.56 Å². The number of anilines is 1. The number of imidazole rings is 1. The van der Waals surface area contributed by atoms with Gasteiger partial charge in [-0.05, 0) is 26.2 Å². The summed E-state index contributed by atoms with van der Waals surface area (Å²) in [5.41, 5.74) is 0.657. The Morgan fingerprint density at radius 1 is 1.16 bits per heavy atom. The summed E-state index contributed by atoms with van der Waals surface area (Å²) < 4.78 is 41.0. The van der Waals surface area contributed by atoms with Gasteiger partial charge < -0.3 is 10.2 Å². The predicted molar refractivity (Wildman–Crippen MR) is 108 cm³/mol. The number of rotatable bonds is 5. The molecule has 1 saturated heterocycles. The van der Waals surface area contributed by atoms with E-state index in [-0.39, 0.29) is 34.9 Å². The van der Waals surface area contributed by atoms with Gasteiger partial charge in [-0.1, -0.05) is 0 Å². The topological polar surface area (TPSA) is 102 Å². The SMILES string of the molecule is Cc1ncc(-c2nc3c(NC4CCN(C(=O)C5CC5)C4)ncnc3n2CC(F)(F)F)cn1. The number of halogens is 3. The van der Waals surface area contributed by atoms with E-state index >= 15 is 0 Å². The van der Waals surface area contributed by atoms with E-state index in [1.807, 2.05) is 4.90 Å². The molecule has 1 aliphatic heterocycles. The second-order valence-corrected chi connectivity index (χ2v) is 8.24. The Balaban J connectivity index is 1.48. The van der Waals surface area contributed by atoms with Gasteiger partial charge in [0, 0.05) is 37.4 Å². The smallest absolute Gasteiger partial charge is 0.364 e. The number of carbonyl (C=O) groups excluding carboxylic acids is 1. The van der Waals surface area contributed by atoms with Gasteiger partial charge in [-0.3, -0.25) is 9.36 Å². The first-order chi connectivity index (χ1) is 15.3. The fraction of sp³-hybridized carbons (Fsp3) is 0.500. The van der Waals surface area contributed by atoms with Crippen LogP contribution in [-0.2, 0) is 11.3 Å². The van der Waals surface area contributed by atoms with Crippen LogP contribution in [0.3, 0.4) is 0 Å². The lowest BCUT2D eigenvalue weighted by Gasteiger charge is -2.17. The summed E-state index contributed by atoms with van der Waals surface area (Å²) in [6.45, 7) is 1.61. The van der Waals surface area contributed by atoms with Gasteiger partial charge in [-0.15, -0.1) is 0 Å². The molecular formula is C20H21F3N8O. The van der Waals surface area contributed by atoms with Crippen LogP contribution in [0.15, 0.2) is 18.7 Å². The predicted octanol–water partition coefficient (Wildman–Crippen LogP) is 2.58. The van der Waals surface area contributed by atoms with Gasteiger partial charge in [-0.25, -0.2) is 24.9 Å². The summed E-state index contributed by atoms with van der Waals surface area (Å²) in [6, 6.07) is -0.0604. The van der Waals surface area contributed by atoms with E-state index in [0.29, 0.717) is 30.3 Å². The summed E-state index contributed by atoms with van der Waals surface area (Å²) in [6.07, 6.45) is 2.25. The van der Waals surface area contributed by atoms with Gasteiger partial charge in [0.1, 0.15) is 24.5 Å². The number of hydrogen-bond acceptors (Lipinski definition) is 7. The first-order valence-corrected chi connectivity index (χ1v) is 10.4. The molecule has 2 aliphatic rings. The molecule has 1 atom stereocenters. The quantitative estimate of drug-likeness (QED) is 0.643. The normalized spacial score (nSPS) is 19.0. The van der Waals surface area contributed by atoms with Crippen molar-refractivity contribution in [3.8, 4) is 11.4 Å². The molecule has 9 nitrogen and oxygen atoms in total. The molecule has 3 aromatic heterocycles. The molecule has 1 aliphatic carbocycles. The minimum absolute atomic E-state index is 0.0604. The van der Waals surface area contributed by atoms with Crippen molar-refractivity contribution in [3.05, 3.63) is 24.5 Å². The minimum Gasteiger partial charge on any atom is -0.364 e. The Labute approximate surface area is 181 Å². The van der Waals surface area contributed by atoms with E-state index in [2.05, 4.69) is 30.2 Å². The molecule has 32 heavy (non-hydrogen) atoms. The number of fused-ring (bicyclic) bond motifs is 1. The Hall–Kier alpha value is -3.31. The molecule has 0 bridgehead atoms. The van der Waals surface area contributed by atoms with Crippen molar-refractivity contribution in [2.24, 2.45) is 5.92 Å². The number of aromatic nitrogens is 6. The molecular weight excluding hydrogens is 425 g/mol. The molecule has 0 aromatic carbocycles. The number of amides is 1. The van der Waals surface area contributed by atoms with Crippen LogP contribution in [0.4, 0.5) is 19.0 Å². The Morgan fingerprint density at radius 2 is 1.91 bits per heavy atom. The first kappa shape index (κ1) is 20.6. The highest BCUT2D eigenvalue weighted by Crippen LogP contribution is 2.33. The molecule has 0 radical (unpaired) electrons. The maximum absolute atomic E-state index is 13.3. The van der Waals surface area contributed by atoms with Crippen LogP contribution < -0.4 is 5.32 Å². The lowest BCUT2D eigenvalue weighted by Crippen LogP contribution is -2.32. The largest absolute Gasteiger partial charge is 0.406 e. The number of nitrogens with zero attached hydrogens (tertiary/aromatic N) is 7. The summed E-state index contributed by atoms with van der Waals surface area (Å²) in [5.74, 6) is 1.24. The zero-order valence-electron chi connectivity index (χ0n) is 17.3. The van der Waals surface area contributed by atoms with E-state index in [1.165, 1.54) is 18.7 Å². The third-order valence-electron chi connectivity index (χ3n) is 5.68. The molecule has 168 valence electrons. The van der Waals surface area contributed by atoms with Crippen molar-refractivity contribution < 1.29 is 18.0 Å². The van der Waals surface area contributed by atoms with Gasteiger partial charge in [0.25, 0.3) is 0 Å². The van der Waals surface area contributed by atoms with Crippen molar-refractivity contribution in [3.63, 3.8) is 0 Å². The lowest BCUT2D eigenvalue weighted by atomic mass is 10.2. The zero-order chi connectivity index (χ0) is 22.5. The summed E-state index contributed by atoms with van der Waals surface area (Å²) in [4.78, 5) is 35.1. The van der Waals surface area contributed by atoms with E-state index in [9.17, 15) is 18.0 Å². The number of aryl methyl sites for hydroxylation is 1. The molecule has 1 N–H and O–H groups in total. The maximum Gasteiger partial charge on any atom is 0.406 e. The Bertz CT molecular complexity index is 1160. The molecule has 0 spiro atoms. The van der Waals surface area contributed by atoms with Gasteiger partial charge >= 0.3 is 6.18 Å². The van der Waals surface area contributed by atoms with Crippen molar-refractivity contribution in [1.29, 1.82) is 0 Å². The van der Waals surface area contributed by atoms with Crippen LogP contribution in [0.1, 0.15) is 25.1 Å². The number of carbonyl (C=O) groups is 1. The average Bonchev–Trinajstić information content (AvgIpc) is 3.39. The zero-order valence-corrected chi connectivity index (χ0v) is 17.3. The summed E-state index contributed by atoms with van der Waals surface area (Å²) in [5, 5.41) is 3.26. The van der Waals surface area contributed by atoms with E-state index in [4.69, 9.17) is 0 Å². The summed E-state index contributed by atoms with van der Waals surface area (Å²) in [7, 11) is 0. The number of likely N-dealkylation sites (tertiary alicyclic amines) is 1. The van der Waals surface area contributed by atoms with Crippen LogP contribution in [0.2, 0.25) is 0 Å².